The van der Waals surface area contributed by atoms with Gasteiger partial charge in [-0.25, -0.2) is 0 Å². The summed E-state index contributed by atoms with van der Waals surface area (Å²) in [5.74, 6) is 1.57. The van der Waals surface area contributed by atoms with Gasteiger partial charge in [0.05, 0.1) is 13.7 Å². The number of benzene rings is 4. The van der Waals surface area contributed by atoms with Crippen LogP contribution in [0.3, 0.4) is 0 Å². The van der Waals surface area contributed by atoms with E-state index in [-0.39, 0.29) is 5.57 Å². The van der Waals surface area contributed by atoms with Crippen LogP contribution in [0.5, 0.6) is 11.5 Å². The van der Waals surface area contributed by atoms with E-state index in [1.165, 1.54) is 11.3 Å². The lowest BCUT2D eigenvalue weighted by atomic mass is 9.85. The molecule has 6 heteroatoms. The Balaban J connectivity index is 1.71. The summed E-state index contributed by atoms with van der Waals surface area (Å²) in [5, 5.41) is 21.4. The third-order valence-electron chi connectivity index (χ3n) is 7.15. The van der Waals surface area contributed by atoms with E-state index < -0.39 is 0 Å². The Morgan fingerprint density at radius 3 is 1.61 bits per heavy atom. The number of nitrogens with two attached hydrogens (primary N) is 1. The van der Waals surface area contributed by atoms with Gasteiger partial charge in [0.15, 0.2) is 0 Å². The Morgan fingerprint density at radius 2 is 1.14 bits per heavy atom. The molecular weight excluding hydrogens is 563 g/mol. The molecule has 0 saturated carbocycles. The molecule has 2 N–H and O–H groups in total. The average Bonchev–Trinajstić information content (AvgIpc) is 3.62. The number of nitrogens with zero attached hydrogens (tertiary/aromatic N) is 2. The van der Waals surface area contributed by atoms with Crippen LogP contribution in [0.1, 0.15) is 39.1 Å². The number of rotatable bonds is 11. The minimum atomic E-state index is 0.0896. The highest BCUT2D eigenvalue weighted by molar-refractivity contribution is 7.11. The average molecular weight is 594 g/mol. The lowest BCUT2D eigenvalue weighted by Gasteiger charge is -2.19. The van der Waals surface area contributed by atoms with Crippen LogP contribution in [0.25, 0.3) is 16.7 Å². The first-order valence-electron chi connectivity index (χ1n) is 14.2. The quantitative estimate of drug-likeness (QED) is 0.0944. The van der Waals surface area contributed by atoms with Crippen molar-refractivity contribution in [2.24, 2.45) is 5.73 Å². The molecule has 0 atom stereocenters. The first kappa shape index (κ1) is 30.1. The molecule has 0 saturated heterocycles. The Bertz CT molecular complexity index is 1810. The van der Waals surface area contributed by atoms with Crippen LogP contribution in [-0.2, 0) is 0 Å². The molecule has 0 aliphatic carbocycles. The van der Waals surface area contributed by atoms with E-state index >= 15 is 0 Å². The Labute approximate surface area is 262 Å². The van der Waals surface area contributed by atoms with Crippen LogP contribution >= 0.6 is 11.3 Å². The molecule has 0 unspecified atom stereocenters. The fourth-order valence-electron chi connectivity index (χ4n) is 5.04. The van der Waals surface area contributed by atoms with Gasteiger partial charge in [0.1, 0.15) is 29.2 Å². The van der Waals surface area contributed by atoms with E-state index in [2.05, 4.69) is 60.7 Å². The first-order chi connectivity index (χ1) is 21.7. The van der Waals surface area contributed by atoms with E-state index in [4.69, 9.17) is 15.2 Å². The maximum atomic E-state index is 9.73. The lowest BCUT2D eigenvalue weighted by molar-refractivity contribution is 0.313. The molecule has 44 heavy (non-hydrogen) atoms. The zero-order valence-electron chi connectivity index (χ0n) is 24.4. The van der Waals surface area contributed by atoms with Crippen LogP contribution in [-0.4, -0.2) is 20.3 Å². The van der Waals surface area contributed by atoms with Gasteiger partial charge in [-0.1, -0.05) is 84.9 Å². The highest BCUT2D eigenvalue weighted by atomic mass is 32.1. The van der Waals surface area contributed by atoms with Crippen molar-refractivity contribution in [2.75, 3.05) is 20.3 Å². The van der Waals surface area contributed by atoms with Gasteiger partial charge in [0.25, 0.3) is 0 Å². The summed E-state index contributed by atoms with van der Waals surface area (Å²) < 4.78 is 11.3. The van der Waals surface area contributed by atoms with Crippen molar-refractivity contribution in [3.63, 3.8) is 0 Å². The summed E-state index contributed by atoms with van der Waals surface area (Å²) in [7, 11) is 1.66. The van der Waals surface area contributed by atoms with E-state index in [1.807, 2.05) is 72.1 Å². The lowest BCUT2D eigenvalue weighted by Crippen LogP contribution is -2.06. The smallest absolute Gasteiger partial charge is 0.138 e. The van der Waals surface area contributed by atoms with Crippen molar-refractivity contribution in [3.05, 3.63) is 159 Å². The molecule has 216 valence electrons. The molecule has 5 aromatic rings. The molecule has 5 nitrogen and oxygen atoms in total. The molecule has 1 heterocycles. The first-order valence-corrected chi connectivity index (χ1v) is 15.1. The van der Waals surface area contributed by atoms with Crippen molar-refractivity contribution in [1.29, 1.82) is 10.5 Å². The van der Waals surface area contributed by atoms with E-state index in [1.54, 1.807) is 7.11 Å². The van der Waals surface area contributed by atoms with Crippen LogP contribution in [0.2, 0.25) is 0 Å². The highest BCUT2D eigenvalue weighted by Gasteiger charge is 2.18. The van der Waals surface area contributed by atoms with E-state index in [0.717, 1.165) is 61.8 Å². The van der Waals surface area contributed by atoms with Gasteiger partial charge in [0.2, 0.25) is 0 Å². The van der Waals surface area contributed by atoms with Crippen LogP contribution in [0.15, 0.2) is 126 Å². The molecule has 0 amide bonds. The second-order valence-corrected chi connectivity index (χ2v) is 10.8. The summed E-state index contributed by atoms with van der Waals surface area (Å²) in [5.41, 5.74) is 13.4. The van der Waals surface area contributed by atoms with Gasteiger partial charge in [-0.3, -0.25) is 0 Å². The SMILES string of the molecule is COc1ccc(/C(=C(/c2ccccc2)c2ccc(C(=C(C#N)C#N)c3cccs3)cc2)c2ccc(OCCCN)cc2)cc1. The van der Waals surface area contributed by atoms with Gasteiger partial charge in [0, 0.05) is 10.5 Å². The summed E-state index contributed by atoms with van der Waals surface area (Å²) in [6, 6.07) is 42.6. The molecular formula is C38H31N3O2S. The van der Waals surface area contributed by atoms with Crippen LogP contribution < -0.4 is 15.2 Å². The Morgan fingerprint density at radius 1 is 0.636 bits per heavy atom. The maximum absolute atomic E-state index is 9.73. The third kappa shape index (κ3) is 6.80. The minimum absolute atomic E-state index is 0.0896. The second-order valence-electron chi connectivity index (χ2n) is 9.89. The standard InChI is InChI=1S/C38H31N3O2S/c1-42-33-18-14-30(15-19-33)38(31-16-20-34(21-17-31)43-23-6-22-39)37(27-7-3-2-4-8-27)29-12-10-28(11-13-29)36(32(25-40)26-41)35-9-5-24-44-35/h2-5,7-21,24H,6,22-23,39H2,1H3/b38-37+. The van der Waals surface area contributed by atoms with Gasteiger partial charge >= 0.3 is 0 Å². The normalized spacial score (nSPS) is 11.1. The summed E-state index contributed by atoms with van der Waals surface area (Å²) in [4.78, 5) is 0.877. The van der Waals surface area contributed by atoms with Crippen molar-refractivity contribution in [1.82, 2.24) is 0 Å². The predicted molar refractivity (Wildman–Crippen MR) is 178 cm³/mol. The van der Waals surface area contributed by atoms with E-state index in [9.17, 15) is 10.5 Å². The molecule has 0 aliphatic rings. The zero-order valence-corrected chi connectivity index (χ0v) is 25.2. The Hall–Kier alpha value is -5.40. The van der Waals surface area contributed by atoms with Crippen molar-refractivity contribution >= 4 is 28.1 Å². The summed E-state index contributed by atoms with van der Waals surface area (Å²) in [6.07, 6.45) is 0.792. The fourth-order valence-corrected chi connectivity index (χ4v) is 5.83. The number of hydrogen-bond acceptors (Lipinski definition) is 6. The summed E-state index contributed by atoms with van der Waals surface area (Å²) in [6.45, 7) is 1.15. The molecule has 0 spiro atoms. The molecule has 5 rings (SSSR count). The van der Waals surface area contributed by atoms with Gasteiger partial charge < -0.3 is 15.2 Å². The number of allylic oxidation sites excluding steroid dienone is 1. The monoisotopic (exact) mass is 593 g/mol. The summed E-state index contributed by atoms with van der Waals surface area (Å²) >= 11 is 1.51. The Kier molecular flexibility index (Phi) is 10.0. The number of nitriles is 2. The van der Waals surface area contributed by atoms with Gasteiger partial charge in [-0.2, -0.15) is 10.5 Å². The highest BCUT2D eigenvalue weighted by Crippen LogP contribution is 2.39. The van der Waals surface area contributed by atoms with Gasteiger partial charge in [-0.15, -0.1) is 11.3 Å². The number of ether oxygens (including phenoxy) is 2. The van der Waals surface area contributed by atoms with E-state index in [0.29, 0.717) is 18.7 Å². The maximum Gasteiger partial charge on any atom is 0.138 e. The zero-order chi connectivity index (χ0) is 30.7. The molecule has 0 fully saturated rings. The molecule has 1 aromatic heterocycles. The van der Waals surface area contributed by atoms with Crippen LogP contribution in [0.4, 0.5) is 0 Å². The molecule has 0 aliphatic heterocycles. The molecule has 0 bridgehead atoms. The second kappa shape index (κ2) is 14.7. The number of hydrogen-bond donors (Lipinski definition) is 1. The largest absolute Gasteiger partial charge is 0.497 e. The van der Waals surface area contributed by atoms with Gasteiger partial charge in [-0.05, 0) is 87.6 Å². The van der Waals surface area contributed by atoms with Crippen LogP contribution in [0, 0.1) is 22.7 Å². The predicted octanol–water partition coefficient (Wildman–Crippen LogP) is 8.34. The molecule has 4 aromatic carbocycles. The van der Waals surface area contributed by atoms with Crippen molar-refractivity contribution < 1.29 is 9.47 Å². The topological polar surface area (TPSA) is 92.1 Å². The number of methoxy groups -OCH3 is 1. The van der Waals surface area contributed by atoms with Crippen molar-refractivity contribution in [2.45, 2.75) is 6.42 Å². The third-order valence-corrected chi connectivity index (χ3v) is 8.04. The van der Waals surface area contributed by atoms with Crippen molar-refractivity contribution in [3.8, 4) is 23.6 Å². The fraction of sp³-hybridized carbons (Fsp3) is 0.105. The molecule has 0 radical (unpaired) electrons. The minimum Gasteiger partial charge on any atom is -0.497 e. The number of thiophene rings is 1.